The van der Waals surface area contributed by atoms with Crippen LogP contribution in [0.15, 0.2) is 24.3 Å². The van der Waals surface area contributed by atoms with Gasteiger partial charge in [0.25, 0.3) is 0 Å². The molecule has 4 saturated carbocycles. The highest BCUT2D eigenvalue weighted by atomic mass is 35.5. The number of hydrogen-bond acceptors (Lipinski definition) is 2. The molecule has 1 aromatic carbocycles. The van der Waals surface area contributed by atoms with Crippen LogP contribution in [-0.4, -0.2) is 13.1 Å². The molecule has 0 saturated heterocycles. The Labute approximate surface area is 147 Å². The van der Waals surface area contributed by atoms with E-state index in [9.17, 15) is 13.2 Å². The lowest BCUT2D eigenvalue weighted by molar-refractivity contribution is -0.137. The molecule has 0 radical (unpaired) electrons. The van der Waals surface area contributed by atoms with Crippen LogP contribution in [0.1, 0.15) is 37.7 Å². The zero-order valence-corrected chi connectivity index (χ0v) is 14.5. The maximum atomic E-state index is 12.9. The first kappa shape index (κ1) is 17.9. The van der Waals surface area contributed by atoms with Crippen LogP contribution in [0.5, 0.6) is 0 Å². The van der Waals surface area contributed by atoms with Crippen LogP contribution < -0.4 is 10.4 Å². The molecular weight excluding hydrogens is 337 g/mol. The molecule has 2 nitrogen and oxygen atoms in total. The fourth-order valence-corrected chi connectivity index (χ4v) is 5.32. The number of anilines is 1. The highest BCUT2D eigenvalue weighted by Gasteiger charge is 2.48. The molecule has 1 N–H and O–H groups in total. The largest absolute Gasteiger partial charge is 0.416 e. The number of nitrogens with zero attached hydrogens (tertiary/aromatic N) is 1. The molecule has 0 unspecified atom stereocenters. The maximum Gasteiger partial charge on any atom is 0.416 e. The molecule has 6 heteroatoms. The molecule has 5 rings (SSSR count). The molecule has 1 aromatic rings. The van der Waals surface area contributed by atoms with Gasteiger partial charge in [0.05, 0.1) is 11.3 Å². The first-order valence-corrected chi connectivity index (χ1v) is 8.57. The summed E-state index contributed by atoms with van der Waals surface area (Å²) >= 11 is 0. The minimum Gasteiger partial charge on any atom is -0.311 e. The fraction of sp³-hybridized carbons (Fsp3) is 0.667. The molecule has 134 valence electrons. The highest BCUT2D eigenvalue weighted by molar-refractivity contribution is 5.85. The van der Waals surface area contributed by atoms with Crippen LogP contribution in [0.3, 0.4) is 0 Å². The number of hydrogen-bond donors (Lipinski definition) is 1. The lowest BCUT2D eigenvalue weighted by Crippen LogP contribution is -2.58. The summed E-state index contributed by atoms with van der Waals surface area (Å²) < 4.78 is 38.7. The molecule has 0 aliphatic heterocycles. The summed E-state index contributed by atoms with van der Waals surface area (Å²) in [7, 11) is 1.83. The van der Waals surface area contributed by atoms with Crippen molar-refractivity contribution in [1.29, 1.82) is 0 Å². The normalized spacial score (nSPS) is 34.1. The van der Waals surface area contributed by atoms with Crippen molar-refractivity contribution >= 4 is 18.1 Å². The number of benzene rings is 1. The quantitative estimate of drug-likeness (QED) is 0.772. The van der Waals surface area contributed by atoms with E-state index in [0.29, 0.717) is 23.6 Å². The Morgan fingerprint density at radius 2 is 1.58 bits per heavy atom. The molecule has 0 heterocycles. The first-order chi connectivity index (χ1) is 10.9. The van der Waals surface area contributed by atoms with E-state index >= 15 is 0 Å². The number of nitrogens with one attached hydrogen (secondary N) is 1. The summed E-state index contributed by atoms with van der Waals surface area (Å²) in [5.74, 6) is 3.18. The average molecular weight is 361 g/mol. The van der Waals surface area contributed by atoms with E-state index in [1.165, 1.54) is 44.2 Å². The van der Waals surface area contributed by atoms with Gasteiger partial charge < -0.3 is 5.01 Å². The van der Waals surface area contributed by atoms with Crippen molar-refractivity contribution in [3.05, 3.63) is 29.8 Å². The van der Waals surface area contributed by atoms with Crippen LogP contribution >= 0.6 is 12.4 Å². The average Bonchev–Trinajstić information content (AvgIpc) is 2.49. The van der Waals surface area contributed by atoms with Crippen LogP contribution in [0.4, 0.5) is 18.9 Å². The Hall–Kier alpha value is -0.940. The Morgan fingerprint density at radius 3 is 2.12 bits per heavy atom. The Balaban J connectivity index is 0.00000169. The van der Waals surface area contributed by atoms with Crippen molar-refractivity contribution in [2.75, 3.05) is 12.1 Å². The third-order valence-corrected chi connectivity index (χ3v) is 6.13. The molecule has 0 aromatic heterocycles. The van der Waals surface area contributed by atoms with E-state index in [2.05, 4.69) is 5.43 Å². The predicted molar refractivity (Wildman–Crippen MR) is 91.1 cm³/mol. The second-order valence-corrected chi connectivity index (χ2v) is 7.69. The smallest absolute Gasteiger partial charge is 0.311 e. The zero-order valence-electron chi connectivity index (χ0n) is 13.7. The molecule has 24 heavy (non-hydrogen) atoms. The molecule has 0 atom stereocenters. The van der Waals surface area contributed by atoms with Crippen LogP contribution in [0.25, 0.3) is 0 Å². The third kappa shape index (κ3) is 3.25. The number of halogens is 4. The van der Waals surface area contributed by atoms with E-state index in [4.69, 9.17) is 0 Å². The van der Waals surface area contributed by atoms with Gasteiger partial charge in [0.1, 0.15) is 0 Å². The predicted octanol–water partition coefficient (Wildman–Crippen LogP) is 4.89. The Bertz CT molecular complexity index is 562. The van der Waals surface area contributed by atoms with E-state index in [0.717, 1.165) is 17.9 Å². The summed E-state index contributed by atoms with van der Waals surface area (Å²) in [4.78, 5) is 0. The number of hydrazine groups is 1. The molecule has 4 aliphatic carbocycles. The van der Waals surface area contributed by atoms with Crippen LogP contribution in [-0.2, 0) is 6.18 Å². The lowest BCUT2D eigenvalue weighted by atomic mass is 9.54. The fourth-order valence-electron chi connectivity index (χ4n) is 5.32. The molecule has 4 fully saturated rings. The topological polar surface area (TPSA) is 15.3 Å². The monoisotopic (exact) mass is 360 g/mol. The van der Waals surface area contributed by atoms with E-state index in [1.54, 1.807) is 11.1 Å². The first-order valence-electron chi connectivity index (χ1n) is 8.57. The highest BCUT2D eigenvalue weighted by Crippen LogP contribution is 2.53. The van der Waals surface area contributed by atoms with E-state index in [-0.39, 0.29) is 12.4 Å². The van der Waals surface area contributed by atoms with Gasteiger partial charge in [-0.2, -0.15) is 13.2 Å². The summed E-state index contributed by atoms with van der Waals surface area (Å²) in [6.45, 7) is 0. The third-order valence-electron chi connectivity index (χ3n) is 6.13. The van der Waals surface area contributed by atoms with Gasteiger partial charge in [0.15, 0.2) is 0 Å². The van der Waals surface area contributed by atoms with Crippen molar-refractivity contribution in [2.45, 2.75) is 44.3 Å². The number of alkyl halides is 3. The van der Waals surface area contributed by atoms with Crippen molar-refractivity contribution in [3.8, 4) is 0 Å². The Morgan fingerprint density at radius 1 is 1.00 bits per heavy atom. The van der Waals surface area contributed by atoms with Crippen LogP contribution in [0, 0.1) is 23.7 Å². The van der Waals surface area contributed by atoms with Gasteiger partial charge >= 0.3 is 6.18 Å². The Kier molecular flexibility index (Phi) is 4.77. The summed E-state index contributed by atoms with van der Waals surface area (Å²) in [6.07, 6.45) is 2.28. The second-order valence-electron chi connectivity index (χ2n) is 7.69. The lowest BCUT2D eigenvalue weighted by Gasteiger charge is -2.55. The summed E-state index contributed by atoms with van der Waals surface area (Å²) in [6, 6.07) is 5.98. The molecule has 0 amide bonds. The van der Waals surface area contributed by atoms with Crippen molar-refractivity contribution < 1.29 is 13.2 Å². The minimum atomic E-state index is -4.29. The zero-order chi connectivity index (χ0) is 16.2. The SMILES string of the molecule is CN(NC1C2CC3CC(C2)CC1C3)c1cccc(C(F)(F)F)c1.Cl. The van der Waals surface area contributed by atoms with Crippen molar-refractivity contribution in [3.63, 3.8) is 0 Å². The van der Waals surface area contributed by atoms with Gasteiger partial charge in [0.2, 0.25) is 0 Å². The maximum absolute atomic E-state index is 12.9. The van der Waals surface area contributed by atoms with Gasteiger partial charge in [-0.15, -0.1) is 12.4 Å². The number of rotatable bonds is 3. The van der Waals surface area contributed by atoms with E-state index in [1.807, 2.05) is 7.05 Å². The summed E-state index contributed by atoms with van der Waals surface area (Å²) in [5, 5.41) is 1.79. The molecule has 4 aliphatic rings. The van der Waals surface area contributed by atoms with Gasteiger partial charge in [0, 0.05) is 13.1 Å². The molecule has 4 bridgehead atoms. The molecular formula is C18H24ClF3N2. The van der Waals surface area contributed by atoms with E-state index < -0.39 is 11.7 Å². The molecule has 0 spiro atoms. The van der Waals surface area contributed by atoms with Gasteiger partial charge in [-0.1, -0.05) is 6.07 Å². The van der Waals surface area contributed by atoms with Crippen molar-refractivity contribution in [1.82, 2.24) is 5.43 Å². The van der Waals surface area contributed by atoms with Gasteiger partial charge in [-0.3, -0.25) is 0 Å². The second kappa shape index (κ2) is 6.41. The minimum absolute atomic E-state index is 0. The van der Waals surface area contributed by atoms with Crippen molar-refractivity contribution in [2.24, 2.45) is 23.7 Å². The van der Waals surface area contributed by atoms with Gasteiger partial charge in [-0.05, 0) is 74.0 Å². The van der Waals surface area contributed by atoms with Crippen LogP contribution in [0.2, 0.25) is 0 Å². The summed E-state index contributed by atoms with van der Waals surface area (Å²) in [5.41, 5.74) is 3.51. The van der Waals surface area contributed by atoms with Gasteiger partial charge in [-0.25, -0.2) is 5.43 Å². The standard InChI is InChI=1S/C18H23F3N2.ClH/c1-23(16-4-2-3-15(10-16)18(19,20)21)22-17-13-6-11-5-12(8-13)9-14(17)7-11;/h2-4,10-14,17,22H,5-9H2,1H3;1H.